The van der Waals surface area contributed by atoms with Gasteiger partial charge in [-0.05, 0) is 50.6 Å². The number of aromatic nitrogens is 3. The highest BCUT2D eigenvalue weighted by Crippen LogP contribution is 2.39. The molecule has 9 heteroatoms. The standard InChI is InChI=1S/C29H31F2N5O2/c1-29(2,3)35-13-11-34(12-14-35)21-7-5-6-20(16-21)26-27(37)22(18-25(31)32-26)19-8-9-24(23(30)17-19)36-15-10-33(4)28(36)38/h5-10,15-18,37H,11-14H2,1-4H3. The molecule has 7 nitrogen and oxygen atoms in total. The lowest BCUT2D eigenvalue weighted by molar-refractivity contribution is 0.128. The van der Waals surface area contributed by atoms with Crippen LogP contribution in [0.5, 0.6) is 5.75 Å². The van der Waals surface area contributed by atoms with Gasteiger partial charge in [0, 0.05) is 74.0 Å². The molecule has 0 spiro atoms. The molecule has 1 aliphatic rings. The molecular formula is C29H31F2N5O2. The second-order valence-corrected chi connectivity index (χ2v) is 10.6. The SMILES string of the molecule is Cn1ccn(-c2ccc(-c3cc(F)nc(-c4cccc(N5CCN(C(C)(C)C)CC5)c4)c3O)cc2F)c1=O. The highest BCUT2D eigenvalue weighted by molar-refractivity contribution is 5.81. The van der Waals surface area contributed by atoms with E-state index in [1.54, 1.807) is 19.2 Å². The number of nitrogens with zero attached hydrogens (tertiary/aromatic N) is 5. The van der Waals surface area contributed by atoms with E-state index in [9.17, 15) is 14.3 Å². The van der Waals surface area contributed by atoms with Crippen molar-refractivity contribution in [3.8, 4) is 33.8 Å². The van der Waals surface area contributed by atoms with Crippen molar-refractivity contribution in [3.05, 3.63) is 83.2 Å². The normalized spacial score (nSPS) is 14.7. The van der Waals surface area contributed by atoms with Crippen LogP contribution in [0.1, 0.15) is 20.8 Å². The second kappa shape index (κ2) is 9.72. The number of pyridine rings is 1. The van der Waals surface area contributed by atoms with E-state index >= 15 is 4.39 Å². The van der Waals surface area contributed by atoms with Gasteiger partial charge in [0.1, 0.15) is 17.3 Å². The number of hydrogen-bond acceptors (Lipinski definition) is 5. The van der Waals surface area contributed by atoms with E-state index in [1.165, 1.54) is 33.7 Å². The smallest absolute Gasteiger partial charge is 0.332 e. The van der Waals surface area contributed by atoms with Crippen LogP contribution in [-0.2, 0) is 7.05 Å². The summed E-state index contributed by atoms with van der Waals surface area (Å²) in [6.45, 7) is 10.2. The lowest BCUT2D eigenvalue weighted by atomic mass is 10.0. The summed E-state index contributed by atoms with van der Waals surface area (Å²) in [5.41, 5.74) is 1.77. The summed E-state index contributed by atoms with van der Waals surface area (Å²) in [5.74, 6) is -1.71. The van der Waals surface area contributed by atoms with Crippen LogP contribution in [0.4, 0.5) is 14.5 Å². The number of halogens is 2. The van der Waals surface area contributed by atoms with Crippen molar-refractivity contribution in [2.45, 2.75) is 26.3 Å². The van der Waals surface area contributed by atoms with E-state index in [-0.39, 0.29) is 33.8 Å². The molecule has 0 bridgehead atoms. The zero-order valence-corrected chi connectivity index (χ0v) is 21.9. The summed E-state index contributed by atoms with van der Waals surface area (Å²) < 4.78 is 32.3. The number of aryl methyl sites for hydroxylation is 1. The number of aromatic hydroxyl groups is 1. The molecule has 2 aromatic carbocycles. The molecule has 1 N–H and O–H groups in total. The molecule has 0 unspecified atom stereocenters. The third-order valence-electron chi connectivity index (χ3n) is 7.14. The maximum Gasteiger partial charge on any atom is 0.332 e. The molecule has 38 heavy (non-hydrogen) atoms. The molecule has 0 radical (unpaired) electrons. The lowest BCUT2D eigenvalue weighted by Gasteiger charge is -2.43. The summed E-state index contributed by atoms with van der Waals surface area (Å²) in [6.07, 6.45) is 3.00. The van der Waals surface area contributed by atoms with E-state index in [0.29, 0.717) is 5.56 Å². The quantitative estimate of drug-likeness (QED) is 0.392. The molecule has 1 aliphatic heterocycles. The predicted octanol–water partition coefficient (Wildman–Crippen LogP) is 4.81. The van der Waals surface area contributed by atoms with Crippen molar-refractivity contribution in [2.75, 3.05) is 31.1 Å². The van der Waals surface area contributed by atoms with Crippen LogP contribution in [0.15, 0.2) is 65.7 Å². The molecule has 2 aromatic heterocycles. The molecule has 0 aliphatic carbocycles. The van der Waals surface area contributed by atoms with Crippen molar-refractivity contribution in [1.82, 2.24) is 19.0 Å². The minimum atomic E-state index is -0.791. The monoisotopic (exact) mass is 519 g/mol. The Balaban J connectivity index is 1.47. The van der Waals surface area contributed by atoms with Gasteiger partial charge in [0.15, 0.2) is 0 Å². The number of piperazine rings is 1. The van der Waals surface area contributed by atoms with Crippen molar-refractivity contribution >= 4 is 5.69 Å². The van der Waals surface area contributed by atoms with Crippen molar-refractivity contribution < 1.29 is 13.9 Å². The van der Waals surface area contributed by atoms with Crippen LogP contribution < -0.4 is 10.6 Å². The minimum Gasteiger partial charge on any atom is -0.505 e. The van der Waals surface area contributed by atoms with Crippen molar-refractivity contribution in [2.24, 2.45) is 7.05 Å². The number of hydrogen-bond donors (Lipinski definition) is 1. The summed E-state index contributed by atoms with van der Waals surface area (Å²) in [5, 5.41) is 11.1. The Labute approximate surface area is 220 Å². The number of imidazole rings is 1. The number of anilines is 1. The highest BCUT2D eigenvalue weighted by Gasteiger charge is 2.26. The predicted molar refractivity (Wildman–Crippen MR) is 145 cm³/mol. The molecular weight excluding hydrogens is 488 g/mol. The third-order valence-corrected chi connectivity index (χ3v) is 7.14. The molecule has 1 fully saturated rings. The van der Waals surface area contributed by atoms with Crippen LogP contribution in [-0.4, -0.2) is 55.8 Å². The van der Waals surface area contributed by atoms with Gasteiger partial charge >= 0.3 is 5.69 Å². The summed E-state index contributed by atoms with van der Waals surface area (Å²) in [4.78, 5) is 20.9. The van der Waals surface area contributed by atoms with Gasteiger partial charge in [0.05, 0.1) is 5.69 Å². The zero-order chi connectivity index (χ0) is 27.2. The Morgan fingerprint density at radius 1 is 0.921 bits per heavy atom. The molecule has 4 aromatic rings. The first-order chi connectivity index (χ1) is 18.0. The van der Waals surface area contributed by atoms with Gasteiger partial charge in [-0.25, -0.2) is 14.2 Å². The van der Waals surface area contributed by atoms with Gasteiger partial charge in [-0.2, -0.15) is 4.39 Å². The molecule has 198 valence electrons. The molecule has 5 rings (SSSR count). The molecule has 0 saturated carbocycles. The molecule has 0 amide bonds. The molecule has 0 atom stereocenters. The van der Waals surface area contributed by atoms with Crippen LogP contribution in [0.2, 0.25) is 0 Å². The number of rotatable bonds is 4. The van der Waals surface area contributed by atoms with Gasteiger partial charge in [-0.3, -0.25) is 9.47 Å². The third kappa shape index (κ3) is 4.81. The first-order valence-electron chi connectivity index (χ1n) is 12.6. The Bertz CT molecular complexity index is 1550. The molecule has 1 saturated heterocycles. The topological polar surface area (TPSA) is 66.5 Å². The maximum atomic E-state index is 15.1. The minimum absolute atomic E-state index is 0.0628. The first kappa shape index (κ1) is 25.7. The average Bonchev–Trinajstić information content (AvgIpc) is 3.22. The zero-order valence-electron chi connectivity index (χ0n) is 21.9. The first-order valence-corrected chi connectivity index (χ1v) is 12.6. The van der Waals surface area contributed by atoms with E-state index < -0.39 is 17.5 Å². The van der Waals surface area contributed by atoms with Crippen LogP contribution >= 0.6 is 0 Å². The van der Waals surface area contributed by atoms with E-state index in [1.807, 2.05) is 18.2 Å². The Kier molecular flexibility index (Phi) is 6.56. The summed E-state index contributed by atoms with van der Waals surface area (Å²) in [6, 6.07) is 12.7. The highest BCUT2D eigenvalue weighted by atomic mass is 19.1. The summed E-state index contributed by atoms with van der Waals surface area (Å²) >= 11 is 0. The van der Waals surface area contributed by atoms with Gasteiger partial charge in [-0.15, -0.1) is 0 Å². The average molecular weight is 520 g/mol. The fraction of sp³-hybridized carbons (Fsp3) is 0.310. The number of benzene rings is 2. The summed E-state index contributed by atoms with van der Waals surface area (Å²) in [7, 11) is 1.57. The van der Waals surface area contributed by atoms with Gasteiger partial charge in [0.25, 0.3) is 0 Å². The second-order valence-electron chi connectivity index (χ2n) is 10.6. The van der Waals surface area contributed by atoms with Gasteiger partial charge < -0.3 is 14.6 Å². The Morgan fingerprint density at radius 2 is 1.66 bits per heavy atom. The van der Waals surface area contributed by atoms with E-state index in [2.05, 4.69) is 35.6 Å². The molecule has 3 heterocycles. The fourth-order valence-electron chi connectivity index (χ4n) is 4.93. The van der Waals surface area contributed by atoms with Crippen LogP contribution in [0.25, 0.3) is 28.1 Å². The van der Waals surface area contributed by atoms with E-state index in [0.717, 1.165) is 37.9 Å². The van der Waals surface area contributed by atoms with Gasteiger partial charge in [0.2, 0.25) is 5.95 Å². The van der Waals surface area contributed by atoms with E-state index in [4.69, 9.17) is 0 Å². The maximum absolute atomic E-state index is 15.1. The Hall–Kier alpha value is -3.98. The Morgan fingerprint density at radius 3 is 2.29 bits per heavy atom. The van der Waals surface area contributed by atoms with Gasteiger partial charge in [-0.1, -0.05) is 18.2 Å². The van der Waals surface area contributed by atoms with Crippen LogP contribution in [0, 0.1) is 11.8 Å². The van der Waals surface area contributed by atoms with Crippen LogP contribution in [0.3, 0.4) is 0 Å². The fourth-order valence-corrected chi connectivity index (χ4v) is 4.93. The van der Waals surface area contributed by atoms with Crippen molar-refractivity contribution in [3.63, 3.8) is 0 Å². The van der Waals surface area contributed by atoms with Crippen molar-refractivity contribution in [1.29, 1.82) is 0 Å². The lowest BCUT2D eigenvalue weighted by Crippen LogP contribution is -2.53. The largest absolute Gasteiger partial charge is 0.505 e.